The summed E-state index contributed by atoms with van der Waals surface area (Å²) in [5.41, 5.74) is 0.983. The monoisotopic (exact) mass is 323 g/mol. The second-order valence-electron chi connectivity index (χ2n) is 4.39. The highest BCUT2D eigenvalue weighted by atomic mass is 35.5. The minimum atomic E-state index is -0.347. The summed E-state index contributed by atoms with van der Waals surface area (Å²) in [6.07, 6.45) is 1.23. The summed E-state index contributed by atoms with van der Waals surface area (Å²) in [6.45, 7) is 2.26. The zero-order valence-corrected chi connectivity index (χ0v) is 12.7. The molecule has 0 aliphatic carbocycles. The van der Waals surface area contributed by atoms with Gasteiger partial charge in [0.05, 0.1) is 17.8 Å². The second kappa shape index (κ2) is 7.66. The molecule has 0 saturated carbocycles. The Bertz CT molecular complexity index is 676. The van der Waals surface area contributed by atoms with Gasteiger partial charge < -0.3 is 14.7 Å². The number of rotatable bonds is 6. The third-order valence-electron chi connectivity index (χ3n) is 2.87. The van der Waals surface area contributed by atoms with Crippen molar-refractivity contribution in [2.45, 2.75) is 13.5 Å². The third-order valence-corrected chi connectivity index (χ3v) is 3.15. The van der Waals surface area contributed by atoms with Gasteiger partial charge in [-0.1, -0.05) is 35.0 Å². The van der Waals surface area contributed by atoms with Gasteiger partial charge in [-0.3, -0.25) is 0 Å². The number of nitrogens with zero attached hydrogens (tertiary/aromatic N) is 1. The van der Waals surface area contributed by atoms with E-state index in [9.17, 15) is 4.39 Å². The van der Waals surface area contributed by atoms with Crippen LogP contribution in [0.3, 0.4) is 0 Å². The van der Waals surface area contributed by atoms with Crippen molar-refractivity contribution in [3.05, 3.63) is 58.4 Å². The van der Waals surface area contributed by atoms with E-state index in [0.29, 0.717) is 29.2 Å². The summed E-state index contributed by atoms with van der Waals surface area (Å²) in [4.78, 5) is 0. The van der Waals surface area contributed by atoms with Crippen LogP contribution in [-0.2, 0) is 6.61 Å². The Morgan fingerprint density at radius 2 is 2.05 bits per heavy atom. The predicted octanol–water partition coefficient (Wildman–Crippen LogP) is 4.26. The smallest absolute Gasteiger partial charge is 0.180 e. The summed E-state index contributed by atoms with van der Waals surface area (Å²) in [7, 11) is 0. The van der Waals surface area contributed by atoms with E-state index in [1.165, 1.54) is 12.3 Å². The van der Waals surface area contributed by atoms with Crippen LogP contribution in [0.5, 0.6) is 11.5 Å². The predicted molar refractivity (Wildman–Crippen MR) is 82.7 cm³/mol. The van der Waals surface area contributed by atoms with E-state index in [1.807, 2.05) is 6.92 Å². The van der Waals surface area contributed by atoms with Gasteiger partial charge in [-0.05, 0) is 25.1 Å². The molecule has 1 N–H and O–H groups in total. The molecule has 0 fully saturated rings. The molecule has 0 heterocycles. The summed E-state index contributed by atoms with van der Waals surface area (Å²) in [5.74, 6) is 0.378. The minimum Gasteiger partial charge on any atom is -0.490 e. The molecule has 0 amide bonds. The van der Waals surface area contributed by atoms with Crippen molar-refractivity contribution >= 4 is 17.8 Å². The molecular formula is C16H15ClFNO3. The molecule has 0 unspecified atom stereocenters. The molecule has 0 radical (unpaired) electrons. The molecule has 0 aliphatic rings. The van der Waals surface area contributed by atoms with Gasteiger partial charge in [0, 0.05) is 11.1 Å². The van der Waals surface area contributed by atoms with Gasteiger partial charge in [0.1, 0.15) is 12.4 Å². The van der Waals surface area contributed by atoms with Crippen LogP contribution in [0.15, 0.2) is 41.6 Å². The highest BCUT2D eigenvalue weighted by Crippen LogP contribution is 2.37. The molecule has 0 bridgehead atoms. The largest absolute Gasteiger partial charge is 0.490 e. The summed E-state index contributed by atoms with van der Waals surface area (Å²) in [6, 6.07) is 9.54. The van der Waals surface area contributed by atoms with E-state index in [2.05, 4.69) is 5.16 Å². The molecule has 6 heteroatoms. The molecule has 0 aliphatic heterocycles. The van der Waals surface area contributed by atoms with Crippen LogP contribution in [-0.4, -0.2) is 18.0 Å². The van der Waals surface area contributed by atoms with E-state index >= 15 is 0 Å². The highest BCUT2D eigenvalue weighted by Gasteiger charge is 2.13. The van der Waals surface area contributed by atoms with Crippen molar-refractivity contribution in [1.29, 1.82) is 0 Å². The van der Waals surface area contributed by atoms with E-state index in [1.54, 1.807) is 30.3 Å². The maximum Gasteiger partial charge on any atom is 0.180 e. The first-order valence-electron chi connectivity index (χ1n) is 6.65. The lowest BCUT2D eigenvalue weighted by Gasteiger charge is -2.14. The Hall–Kier alpha value is -2.27. The van der Waals surface area contributed by atoms with Gasteiger partial charge >= 0.3 is 0 Å². The number of ether oxygens (including phenoxy) is 2. The summed E-state index contributed by atoms with van der Waals surface area (Å²) < 4.78 is 24.7. The third kappa shape index (κ3) is 3.89. The van der Waals surface area contributed by atoms with E-state index in [4.69, 9.17) is 26.3 Å². The van der Waals surface area contributed by atoms with Gasteiger partial charge in [0.2, 0.25) is 0 Å². The van der Waals surface area contributed by atoms with E-state index in [-0.39, 0.29) is 17.4 Å². The molecule has 0 spiro atoms. The lowest BCUT2D eigenvalue weighted by molar-refractivity contribution is 0.266. The number of hydrogen-bond acceptors (Lipinski definition) is 4. The minimum absolute atomic E-state index is 0.0277. The van der Waals surface area contributed by atoms with Crippen molar-refractivity contribution in [3.8, 4) is 11.5 Å². The van der Waals surface area contributed by atoms with Crippen molar-refractivity contribution in [2.24, 2.45) is 5.16 Å². The van der Waals surface area contributed by atoms with Crippen LogP contribution >= 0.6 is 11.6 Å². The SMILES string of the molecule is CCOc1cc(/C=N/O)cc(Cl)c1OCc1ccccc1F. The fraction of sp³-hybridized carbons (Fsp3) is 0.188. The second-order valence-corrected chi connectivity index (χ2v) is 4.79. The number of benzene rings is 2. The van der Waals surface area contributed by atoms with Crippen LogP contribution in [0.4, 0.5) is 4.39 Å². The fourth-order valence-corrected chi connectivity index (χ4v) is 2.17. The van der Waals surface area contributed by atoms with Gasteiger partial charge in [0.15, 0.2) is 11.5 Å². The molecule has 116 valence electrons. The molecule has 0 saturated heterocycles. The van der Waals surface area contributed by atoms with Crippen molar-refractivity contribution < 1.29 is 19.1 Å². The average Bonchev–Trinajstić information content (AvgIpc) is 2.49. The Kier molecular flexibility index (Phi) is 5.61. The fourth-order valence-electron chi connectivity index (χ4n) is 1.90. The Morgan fingerprint density at radius 3 is 2.73 bits per heavy atom. The highest BCUT2D eigenvalue weighted by molar-refractivity contribution is 6.32. The summed E-state index contributed by atoms with van der Waals surface area (Å²) in [5, 5.41) is 11.8. The van der Waals surface area contributed by atoms with Crippen LogP contribution in [0.1, 0.15) is 18.1 Å². The molecule has 2 rings (SSSR count). The van der Waals surface area contributed by atoms with E-state index in [0.717, 1.165) is 0 Å². The standard InChI is InChI=1S/C16H15ClFNO3/c1-2-21-15-8-11(9-19-20)7-13(17)16(15)22-10-12-5-3-4-6-14(12)18/h3-9,20H,2,10H2,1H3/b19-9+. The number of oxime groups is 1. The molecular weight excluding hydrogens is 309 g/mol. The van der Waals surface area contributed by atoms with Gasteiger partial charge in [-0.15, -0.1) is 0 Å². The van der Waals surface area contributed by atoms with Gasteiger partial charge in [0.25, 0.3) is 0 Å². The number of hydrogen-bond donors (Lipinski definition) is 1. The van der Waals surface area contributed by atoms with Crippen LogP contribution in [0, 0.1) is 5.82 Å². The first-order chi connectivity index (χ1) is 10.7. The zero-order valence-electron chi connectivity index (χ0n) is 11.9. The quantitative estimate of drug-likeness (QED) is 0.491. The lowest BCUT2D eigenvalue weighted by Crippen LogP contribution is -2.02. The summed E-state index contributed by atoms with van der Waals surface area (Å²) >= 11 is 6.17. The van der Waals surface area contributed by atoms with Crippen molar-refractivity contribution in [2.75, 3.05) is 6.61 Å². The molecule has 4 nitrogen and oxygen atoms in total. The van der Waals surface area contributed by atoms with Crippen LogP contribution in [0.2, 0.25) is 5.02 Å². The molecule has 22 heavy (non-hydrogen) atoms. The van der Waals surface area contributed by atoms with Gasteiger partial charge in [-0.2, -0.15) is 0 Å². The molecule has 2 aromatic carbocycles. The van der Waals surface area contributed by atoms with Crippen LogP contribution < -0.4 is 9.47 Å². The Labute approximate surface area is 132 Å². The maximum atomic E-state index is 13.6. The Balaban J connectivity index is 2.27. The first-order valence-corrected chi connectivity index (χ1v) is 7.03. The van der Waals surface area contributed by atoms with E-state index < -0.39 is 0 Å². The first kappa shape index (κ1) is 16.1. The van der Waals surface area contributed by atoms with Crippen molar-refractivity contribution in [1.82, 2.24) is 0 Å². The zero-order chi connectivity index (χ0) is 15.9. The normalized spacial score (nSPS) is 10.9. The Morgan fingerprint density at radius 1 is 1.27 bits per heavy atom. The molecule has 2 aromatic rings. The molecule has 0 aromatic heterocycles. The van der Waals surface area contributed by atoms with Crippen molar-refractivity contribution in [3.63, 3.8) is 0 Å². The lowest BCUT2D eigenvalue weighted by atomic mass is 10.2. The average molecular weight is 324 g/mol. The van der Waals surface area contributed by atoms with Crippen LogP contribution in [0.25, 0.3) is 0 Å². The maximum absolute atomic E-state index is 13.6. The molecule has 0 atom stereocenters. The topological polar surface area (TPSA) is 51.0 Å². The van der Waals surface area contributed by atoms with Gasteiger partial charge in [-0.25, -0.2) is 4.39 Å². The number of halogens is 2.